The summed E-state index contributed by atoms with van der Waals surface area (Å²) >= 11 is 0. The number of amides is 2. The van der Waals surface area contributed by atoms with E-state index in [9.17, 15) is 9.59 Å². The summed E-state index contributed by atoms with van der Waals surface area (Å²) in [5.74, 6) is 1.22. The first kappa shape index (κ1) is 20.5. The molecule has 2 heterocycles. The molecule has 0 aromatic heterocycles. The summed E-state index contributed by atoms with van der Waals surface area (Å²) in [5.41, 5.74) is 5.00. The second kappa shape index (κ2) is 8.50. The third-order valence-corrected chi connectivity index (χ3v) is 6.71. The van der Waals surface area contributed by atoms with E-state index in [-0.39, 0.29) is 23.8 Å². The molecule has 2 aromatic carbocycles. The molecule has 0 bridgehead atoms. The monoisotopic (exact) mass is 406 g/mol. The summed E-state index contributed by atoms with van der Waals surface area (Å²) in [5, 5.41) is 0. The van der Waals surface area contributed by atoms with Crippen LogP contribution in [0.3, 0.4) is 0 Å². The average molecular weight is 407 g/mol. The lowest BCUT2D eigenvalue weighted by Gasteiger charge is -2.40. The Kier molecular flexibility index (Phi) is 5.80. The number of carbonyl (C=O) groups excluding carboxylic acids is 2. The Morgan fingerprint density at radius 2 is 1.70 bits per heavy atom. The van der Waals surface area contributed by atoms with Crippen LogP contribution in [0.2, 0.25) is 0 Å². The van der Waals surface area contributed by atoms with E-state index in [1.165, 1.54) is 22.3 Å². The summed E-state index contributed by atoms with van der Waals surface area (Å²) in [6, 6.07) is 14.7. The largest absolute Gasteiger partial charge is 0.497 e. The van der Waals surface area contributed by atoms with E-state index in [0.29, 0.717) is 13.1 Å². The first-order valence-electron chi connectivity index (χ1n) is 10.8. The number of hydrogen-bond acceptors (Lipinski definition) is 3. The number of nitrogens with zero attached hydrogens (tertiary/aromatic N) is 2. The Balaban J connectivity index is 1.53. The molecule has 5 nitrogen and oxygen atoms in total. The third-order valence-electron chi connectivity index (χ3n) is 6.71. The van der Waals surface area contributed by atoms with Crippen molar-refractivity contribution in [2.75, 3.05) is 26.7 Å². The highest BCUT2D eigenvalue weighted by molar-refractivity contribution is 5.81. The fourth-order valence-corrected chi connectivity index (χ4v) is 4.89. The van der Waals surface area contributed by atoms with Gasteiger partial charge in [-0.2, -0.15) is 0 Å². The van der Waals surface area contributed by atoms with Crippen LogP contribution >= 0.6 is 0 Å². The van der Waals surface area contributed by atoms with Crippen LogP contribution in [0.4, 0.5) is 0 Å². The minimum Gasteiger partial charge on any atom is -0.497 e. The zero-order chi connectivity index (χ0) is 21.3. The predicted octanol–water partition coefficient (Wildman–Crippen LogP) is 4.07. The van der Waals surface area contributed by atoms with Crippen molar-refractivity contribution in [1.29, 1.82) is 0 Å². The molecule has 2 amide bonds. The standard InChI is InChI=1S/C25H30N2O3/c1-17-22-5-4-6-23(19-7-9-21(30-3)10-8-19)24(22)13-16-27(17)25(29)20-11-14-26(15-12-20)18(2)28/h4-10,17,20H,11-16H2,1-3H3. The molecule has 1 unspecified atom stereocenters. The van der Waals surface area contributed by atoms with Crippen LogP contribution in [0.5, 0.6) is 5.75 Å². The smallest absolute Gasteiger partial charge is 0.226 e. The molecule has 4 rings (SSSR count). The van der Waals surface area contributed by atoms with Gasteiger partial charge in [0.1, 0.15) is 5.75 Å². The summed E-state index contributed by atoms with van der Waals surface area (Å²) in [7, 11) is 1.68. The molecule has 2 aliphatic heterocycles. The van der Waals surface area contributed by atoms with E-state index in [2.05, 4.69) is 37.3 Å². The van der Waals surface area contributed by atoms with Gasteiger partial charge in [0.15, 0.2) is 0 Å². The van der Waals surface area contributed by atoms with Gasteiger partial charge in [0.25, 0.3) is 0 Å². The molecule has 0 saturated carbocycles. The second-order valence-corrected chi connectivity index (χ2v) is 8.34. The van der Waals surface area contributed by atoms with Crippen molar-refractivity contribution in [3.05, 3.63) is 53.6 Å². The Bertz CT molecular complexity index is 930. The van der Waals surface area contributed by atoms with Crippen molar-refractivity contribution in [3.63, 3.8) is 0 Å². The number of hydrogen-bond donors (Lipinski definition) is 0. The molecule has 1 fully saturated rings. The van der Waals surface area contributed by atoms with Crippen LogP contribution in [0.15, 0.2) is 42.5 Å². The highest BCUT2D eigenvalue weighted by Crippen LogP contribution is 2.37. The fraction of sp³-hybridized carbons (Fsp3) is 0.440. The van der Waals surface area contributed by atoms with Crippen molar-refractivity contribution in [3.8, 4) is 16.9 Å². The van der Waals surface area contributed by atoms with Crippen LogP contribution in [-0.4, -0.2) is 48.4 Å². The second-order valence-electron chi connectivity index (χ2n) is 8.34. The summed E-state index contributed by atoms with van der Waals surface area (Å²) in [6.45, 7) is 5.86. The number of carbonyl (C=O) groups is 2. The molecule has 1 saturated heterocycles. The number of ether oxygens (including phenoxy) is 1. The maximum Gasteiger partial charge on any atom is 0.226 e. The average Bonchev–Trinajstić information content (AvgIpc) is 2.79. The summed E-state index contributed by atoms with van der Waals surface area (Å²) in [4.78, 5) is 28.8. The van der Waals surface area contributed by atoms with Gasteiger partial charge in [0.2, 0.25) is 11.8 Å². The normalized spacial score (nSPS) is 19.4. The molecule has 0 N–H and O–H groups in total. The Hall–Kier alpha value is -2.82. The highest BCUT2D eigenvalue weighted by Gasteiger charge is 2.34. The first-order valence-corrected chi connectivity index (χ1v) is 10.8. The van der Waals surface area contributed by atoms with Crippen LogP contribution < -0.4 is 4.74 Å². The number of rotatable bonds is 3. The van der Waals surface area contributed by atoms with Crippen LogP contribution in [0, 0.1) is 5.92 Å². The number of methoxy groups -OCH3 is 1. The zero-order valence-corrected chi connectivity index (χ0v) is 18.1. The number of benzene rings is 2. The third kappa shape index (κ3) is 3.81. The van der Waals surface area contributed by atoms with Crippen LogP contribution in [0.25, 0.3) is 11.1 Å². The Labute approximate surface area is 178 Å². The maximum absolute atomic E-state index is 13.3. The van der Waals surface area contributed by atoms with E-state index < -0.39 is 0 Å². The lowest BCUT2D eigenvalue weighted by Crippen LogP contribution is -2.46. The lowest BCUT2D eigenvalue weighted by atomic mass is 9.85. The van der Waals surface area contributed by atoms with E-state index in [0.717, 1.165) is 31.6 Å². The van der Waals surface area contributed by atoms with Gasteiger partial charge in [0.05, 0.1) is 13.2 Å². The SMILES string of the molecule is COc1ccc(-c2cccc3c2CCN(C(=O)C2CCN(C(C)=O)CC2)C3C)cc1. The molecule has 2 aliphatic rings. The van der Waals surface area contributed by atoms with Gasteiger partial charge < -0.3 is 14.5 Å². The molecule has 0 radical (unpaired) electrons. The molecule has 30 heavy (non-hydrogen) atoms. The molecule has 1 atom stereocenters. The molecule has 158 valence electrons. The Morgan fingerprint density at radius 3 is 2.33 bits per heavy atom. The minimum absolute atomic E-state index is 0.0226. The minimum atomic E-state index is 0.0226. The van der Waals surface area contributed by atoms with E-state index in [4.69, 9.17) is 4.74 Å². The van der Waals surface area contributed by atoms with Crippen LogP contribution in [0.1, 0.15) is 43.9 Å². The topological polar surface area (TPSA) is 49.9 Å². The van der Waals surface area contributed by atoms with E-state index in [1.807, 2.05) is 21.9 Å². The number of likely N-dealkylation sites (tertiary alicyclic amines) is 1. The van der Waals surface area contributed by atoms with Gasteiger partial charge in [0, 0.05) is 32.5 Å². The first-order chi connectivity index (χ1) is 14.5. The van der Waals surface area contributed by atoms with Crippen molar-refractivity contribution in [1.82, 2.24) is 9.80 Å². The molecule has 0 spiro atoms. The molecule has 2 aromatic rings. The lowest BCUT2D eigenvalue weighted by molar-refractivity contribution is -0.142. The highest BCUT2D eigenvalue weighted by atomic mass is 16.5. The Morgan fingerprint density at radius 1 is 1.00 bits per heavy atom. The van der Waals surface area contributed by atoms with E-state index in [1.54, 1.807) is 14.0 Å². The molecule has 0 aliphatic carbocycles. The zero-order valence-electron chi connectivity index (χ0n) is 18.1. The number of fused-ring (bicyclic) bond motifs is 1. The van der Waals surface area contributed by atoms with E-state index >= 15 is 0 Å². The van der Waals surface area contributed by atoms with Crippen molar-refractivity contribution in [2.45, 2.75) is 39.2 Å². The van der Waals surface area contributed by atoms with Gasteiger partial charge in [-0.25, -0.2) is 0 Å². The van der Waals surface area contributed by atoms with Gasteiger partial charge in [-0.3, -0.25) is 9.59 Å². The van der Waals surface area contributed by atoms with Gasteiger partial charge in [-0.1, -0.05) is 30.3 Å². The summed E-state index contributed by atoms with van der Waals surface area (Å²) < 4.78 is 5.29. The van der Waals surface area contributed by atoms with Gasteiger partial charge >= 0.3 is 0 Å². The van der Waals surface area contributed by atoms with Crippen molar-refractivity contribution < 1.29 is 14.3 Å². The predicted molar refractivity (Wildman–Crippen MR) is 117 cm³/mol. The van der Waals surface area contributed by atoms with Gasteiger partial charge in [-0.15, -0.1) is 0 Å². The summed E-state index contributed by atoms with van der Waals surface area (Å²) in [6.07, 6.45) is 2.39. The van der Waals surface area contributed by atoms with Crippen molar-refractivity contribution >= 4 is 11.8 Å². The molecular weight excluding hydrogens is 376 g/mol. The fourth-order valence-electron chi connectivity index (χ4n) is 4.89. The molecule has 5 heteroatoms. The maximum atomic E-state index is 13.3. The van der Waals surface area contributed by atoms with Crippen LogP contribution in [-0.2, 0) is 16.0 Å². The van der Waals surface area contributed by atoms with Gasteiger partial charge in [-0.05, 0) is 60.6 Å². The molecular formula is C25H30N2O3. The van der Waals surface area contributed by atoms with Crippen molar-refractivity contribution in [2.24, 2.45) is 5.92 Å². The number of piperidine rings is 1. The quantitative estimate of drug-likeness (QED) is 0.772.